The summed E-state index contributed by atoms with van der Waals surface area (Å²) in [5.41, 5.74) is 2.17. The summed E-state index contributed by atoms with van der Waals surface area (Å²) < 4.78 is 2.11. The molecular formula is C15H12N2S. The zero-order valence-corrected chi connectivity index (χ0v) is 10.5. The van der Waals surface area contributed by atoms with Gasteiger partial charge in [0.15, 0.2) is 0 Å². The highest BCUT2D eigenvalue weighted by Gasteiger charge is 2.02. The molecule has 88 valence electrons. The second-order valence-corrected chi connectivity index (χ2v) is 4.80. The van der Waals surface area contributed by atoms with E-state index in [4.69, 9.17) is 0 Å². The van der Waals surface area contributed by atoms with E-state index in [1.54, 1.807) is 17.5 Å². The maximum Gasteiger partial charge on any atom is 0.0644 e. The Morgan fingerprint density at radius 1 is 1.06 bits per heavy atom. The van der Waals surface area contributed by atoms with Crippen LogP contribution < -0.4 is 0 Å². The highest BCUT2D eigenvalue weighted by atomic mass is 32.1. The SMILES string of the molecule is C(=C\n1cccc1-c1cccs1)/c1ccccn1. The van der Waals surface area contributed by atoms with Crippen molar-refractivity contribution in [2.24, 2.45) is 0 Å². The van der Waals surface area contributed by atoms with Crippen molar-refractivity contribution in [3.8, 4) is 10.6 Å². The molecule has 3 rings (SSSR count). The zero-order chi connectivity index (χ0) is 12.2. The van der Waals surface area contributed by atoms with E-state index in [1.165, 1.54) is 10.6 Å². The first kappa shape index (κ1) is 11.0. The van der Waals surface area contributed by atoms with Crippen LogP contribution in [-0.2, 0) is 0 Å². The Labute approximate surface area is 110 Å². The monoisotopic (exact) mass is 252 g/mol. The molecule has 0 radical (unpaired) electrons. The molecule has 0 aliphatic heterocycles. The third-order valence-electron chi connectivity index (χ3n) is 2.65. The fourth-order valence-corrected chi connectivity index (χ4v) is 2.54. The van der Waals surface area contributed by atoms with Gasteiger partial charge in [-0.1, -0.05) is 12.1 Å². The Morgan fingerprint density at radius 3 is 2.83 bits per heavy atom. The van der Waals surface area contributed by atoms with Gasteiger partial charge in [0.25, 0.3) is 0 Å². The minimum atomic E-state index is 0.961. The van der Waals surface area contributed by atoms with Gasteiger partial charge in [-0.15, -0.1) is 11.3 Å². The summed E-state index contributed by atoms with van der Waals surface area (Å²) in [6, 6.07) is 14.3. The molecular weight excluding hydrogens is 240 g/mol. The van der Waals surface area contributed by atoms with Crippen LogP contribution in [0.3, 0.4) is 0 Å². The number of nitrogens with zero attached hydrogens (tertiary/aromatic N) is 2. The summed E-state index contributed by atoms with van der Waals surface area (Å²) in [6.07, 6.45) is 7.90. The molecule has 0 atom stereocenters. The van der Waals surface area contributed by atoms with Crippen LogP contribution in [0.15, 0.2) is 60.2 Å². The van der Waals surface area contributed by atoms with Crippen molar-refractivity contribution in [3.05, 3.63) is 65.9 Å². The summed E-state index contributed by atoms with van der Waals surface area (Å²) in [5.74, 6) is 0. The van der Waals surface area contributed by atoms with Crippen LogP contribution in [-0.4, -0.2) is 9.55 Å². The third kappa shape index (κ3) is 2.26. The van der Waals surface area contributed by atoms with E-state index in [9.17, 15) is 0 Å². The van der Waals surface area contributed by atoms with Crippen molar-refractivity contribution in [3.63, 3.8) is 0 Å². The lowest BCUT2D eigenvalue weighted by atomic mass is 10.3. The first-order valence-electron chi connectivity index (χ1n) is 5.73. The van der Waals surface area contributed by atoms with Gasteiger partial charge in [-0.25, -0.2) is 0 Å². The maximum atomic E-state index is 4.27. The van der Waals surface area contributed by atoms with E-state index in [1.807, 2.05) is 30.5 Å². The maximum absolute atomic E-state index is 4.27. The first-order valence-corrected chi connectivity index (χ1v) is 6.61. The number of thiophene rings is 1. The smallest absolute Gasteiger partial charge is 0.0644 e. The van der Waals surface area contributed by atoms with Gasteiger partial charge in [-0.3, -0.25) is 4.98 Å². The number of aromatic nitrogens is 2. The molecule has 18 heavy (non-hydrogen) atoms. The van der Waals surface area contributed by atoms with E-state index in [0.717, 1.165) is 5.69 Å². The quantitative estimate of drug-likeness (QED) is 0.681. The topological polar surface area (TPSA) is 17.8 Å². The fourth-order valence-electron chi connectivity index (χ4n) is 1.79. The van der Waals surface area contributed by atoms with Gasteiger partial charge < -0.3 is 4.57 Å². The molecule has 0 saturated heterocycles. The predicted molar refractivity (Wildman–Crippen MR) is 77.2 cm³/mol. The first-order chi connectivity index (χ1) is 8.93. The molecule has 3 aromatic heterocycles. The molecule has 0 spiro atoms. The van der Waals surface area contributed by atoms with E-state index < -0.39 is 0 Å². The summed E-state index contributed by atoms with van der Waals surface area (Å²) in [5, 5.41) is 2.09. The Balaban J connectivity index is 1.91. The lowest BCUT2D eigenvalue weighted by Gasteiger charge is -2.01. The van der Waals surface area contributed by atoms with Gasteiger partial charge in [0.2, 0.25) is 0 Å². The largest absolute Gasteiger partial charge is 0.322 e. The summed E-state index contributed by atoms with van der Waals surface area (Å²) in [7, 11) is 0. The van der Waals surface area contributed by atoms with Crippen LogP contribution in [0.25, 0.3) is 22.8 Å². The van der Waals surface area contributed by atoms with Crippen molar-refractivity contribution in [2.45, 2.75) is 0 Å². The van der Waals surface area contributed by atoms with Gasteiger partial charge in [-0.2, -0.15) is 0 Å². The normalized spacial score (nSPS) is 11.1. The highest BCUT2D eigenvalue weighted by Crippen LogP contribution is 2.25. The number of pyridine rings is 1. The van der Waals surface area contributed by atoms with Crippen LogP contribution in [0.4, 0.5) is 0 Å². The van der Waals surface area contributed by atoms with Crippen LogP contribution in [0.1, 0.15) is 5.69 Å². The Morgan fingerprint density at radius 2 is 2.06 bits per heavy atom. The van der Waals surface area contributed by atoms with Crippen molar-refractivity contribution < 1.29 is 0 Å². The van der Waals surface area contributed by atoms with Crippen LogP contribution in [0.2, 0.25) is 0 Å². The summed E-state index contributed by atoms with van der Waals surface area (Å²) >= 11 is 1.75. The molecule has 0 aliphatic carbocycles. The van der Waals surface area contributed by atoms with E-state index in [2.05, 4.69) is 45.4 Å². The van der Waals surface area contributed by atoms with Gasteiger partial charge in [0, 0.05) is 18.6 Å². The molecule has 0 bridgehead atoms. The van der Waals surface area contributed by atoms with E-state index in [0.29, 0.717) is 0 Å². The molecule has 0 aliphatic rings. The van der Waals surface area contributed by atoms with Gasteiger partial charge in [-0.05, 0) is 41.8 Å². The number of hydrogen-bond acceptors (Lipinski definition) is 2. The Hall–Kier alpha value is -2.13. The minimum absolute atomic E-state index is 0.961. The van der Waals surface area contributed by atoms with Crippen molar-refractivity contribution in [2.75, 3.05) is 0 Å². The van der Waals surface area contributed by atoms with Gasteiger partial charge >= 0.3 is 0 Å². The second-order valence-electron chi connectivity index (χ2n) is 3.85. The molecule has 0 fully saturated rings. The lowest BCUT2D eigenvalue weighted by Crippen LogP contribution is -1.86. The standard InChI is InChI=1S/C15H12N2S/c1-2-9-16-13(5-1)8-11-17-10-3-6-14(17)15-7-4-12-18-15/h1-12H/b11-8+. The summed E-state index contributed by atoms with van der Waals surface area (Å²) in [4.78, 5) is 5.54. The van der Waals surface area contributed by atoms with Crippen LogP contribution in [0, 0.1) is 0 Å². The van der Waals surface area contributed by atoms with Crippen LogP contribution >= 0.6 is 11.3 Å². The average molecular weight is 252 g/mol. The van der Waals surface area contributed by atoms with Gasteiger partial charge in [0.05, 0.1) is 16.3 Å². The van der Waals surface area contributed by atoms with Crippen molar-refractivity contribution in [1.29, 1.82) is 0 Å². The minimum Gasteiger partial charge on any atom is -0.322 e. The number of hydrogen-bond donors (Lipinski definition) is 0. The average Bonchev–Trinajstić information content (AvgIpc) is 3.08. The van der Waals surface area contributed by atoms with Crippen molar-refractivity contribution in [1.82, 2.24) is 9.55 Å². The fraction of sp³-hybridized carbons (Fsp3) is 0. The molecule has 2 nitrogen and oxygen atoms in total. The lowest BCUT2D eigenvalue weighted by molar-refractivity contribution is 1.19. The molecule has 0 N–H and O–H groups in total. The van der Waals surface area contributed by atoms with E-state index >= 15 is 0 Å². The second kappa shape index (κ2) is 5.02. The Bertz CT molecular complexity index is 636. The molecule has 0 saturated carbocycles. The van der Waals surface area contributed by atoms with E-state index in [-0.39, 0.29) is 0 Å². The predicted octanol–water partition coefficient (Wildman–Crippen LogP) is 4.24. The Kier molecular flexibility index (Phi) is 3.07. The molecule has 0 aromatic carbocycles. The third-order valence-corrected chi connectivity index (χ3v) is 3.54. The zero-order valence-electron chi connectivity index (χ0n) is 9.73. The molecule has 0 unspecified atom stereocenters. The van der Waals surface area contributed by atoms with Crippen LogP contribution in [0.5, 0.6) is 0 Å². The van der Waals surface area contributed by atoms with Gasteiger partial charge in [0.1, 0.15) is 0 Å². The molecule has 3 aromatic rings. The highest BCUT2D eigenvalue weighted by molar-refractivity contribution is 7.13. The van der Waals surface area contributed by atoms with Crippen molar-refractivity contribution >= 4 is 23.6 Å². The molecule has 3 heteroatoms. The number of rotatable bonds is 3. The molecule has 3 heterocycles. The molecule has 0 amide bonds. The summed E-state index contributed by atoms with van der Waals surface area (Å²) in [6.45, 7) is 0.